The SMILES string of the molecule is O=C(Cc1ccsc1)Nc1cccc(S(=O)(=O)N2CCCCC2)c1. The average molecular weight is 364 g/mol. The van der Waals surface area contributed by atoms with Gasteiger partial charge in [-0.15, -0.1) is 0 Å². The normalized spacial score (nSPS) is 16.0. The van der Waals surface area contributed by atoms with Crippen LogP contribution in [-0.2, 0) is 21.2 Å². The monoisotopic (exact) mass is 364 g/mol. The standard InChI is InChI=1S/C17H20N2O3S2/c20-17(11-14-7-10-23-13-14)18-15-5-4-6-16(12-15)24(21,22)19-8-2-1-3-9-19/h4-7,10,12-13H,1-3,8-9,11H2,(H,18,20). The number of benzene rings is 1. The molecule has 1 N–H and O–H groups in total. The molecule has 128 valence electrons. The number of amides is 1. The van der Waals surface area contributed by atoms with Crippen molar-refractivity contribution in [2.45, 2.75) is 30.6 Å². The predicted molar refractivity (Wildman–Crippen MR) is 95.7 cm³/mol. The van der Waals surface area contributed by atoms with Crippen molar-refractivity contribution in [3.8, 4) is 0 Å². The minimum Gasteiger partial charge on any atom is -0.326 e. The van der Waals surface area contributed by atoms with Crippen molar-refractivity contribution in [3.05, 3.63) is 46.7 Å². The van der Waals surface area contributed by atoms with Crippen LogP contribution in [0.1, 0.15) is 24.8 Å². The lowest BCUT2D eigenvalue weighted by atomic mass is 10.2. The van der Waals surface area contributed by atoms with Crippen molar-refractivity contribution in [1.82, 2.24) is 4.31 Å². The Morgan fingerprint density at radius 2 is 1.96 bits per heavy atom. The van der Waals surface area contributed by atoms with Crippen LogP contribution >= 0.6 is 11.3 Å². The van der Waals surface area contributed by atoms with Crippen molar-refractivity contribution in [2.75, 3.05) is 18.4 Å². The molecule has 7 heteroatoms. The molecule has 2 heterocycles. The molecule has 0 radical (unpaired) electrons. The molecular weight excluding hydrogens is 344 g/mol. The number of piperidine rings is 1. The Labute approximate surface area is 146 Å². The molecule has 1 amide bonds. The fraction of sp³-hybridized carbons (Fsp3) is 0.353. The van der Waals surface area contributed by atoms with E-state index in [1.165, 1.54) is 10.4 Å². The highest BCUT2D eigenvalue weighted by molar-refractivity contribution is 7.89. The lowest BCUT2D eigenvalue weighted by Crippen LogP contribution is -2.35. The van der Waals surface area contributed by atoms with Crippen LogP contribution in [-0.4, -0.2) is 31.7 Å². The first-order chi connectivity index (χ1) is 11.6. The molecule has 1 aromatic heterocycles. The van der Waals surface area contributed by atoms with Crippen LogP contribution in [0.15, 0.2) is 46.0 Å². The molecule has 0 aliphatic carbocycles. The summed E-state index contributed by atoms with van der Waals surface area (Å²) in [7, 11) is -3.49. The second-order valence-electron chi connectivity index (χ2n) is 5.85. The largest absolute Gasteiger partial charge is 0.326 e. The van der Waals surface area contributed by atoms with Gasteiger partial charge in [0.15, 0.2) is 0 Å². The van der Waals surface area contributed by atoms with Crippen molar-refractivity contribution in [1.29, 1.82) is 0 Å². The maximum absolute atomic E-state index is 12.7. The van der Waals surface area contributed by atoms with Crippen LogP contribution < -0.4 is 5.32 Å². The Balaban J connectivity index is 1.72. The van der Waals surface area contributed by atoms with Gasteiger partial charge in [-0.25, -0.2) is 8.42 Å². The molecule has 1 aliphatic heterocycles. The molecular formula is C17H20N2O3S2. The molecule has 0 saturated carbocycles. The third kappa shape index (κ3) is 4.03. The van der Waals surface area contributed by atoms with E-state index in [-0.39, 0.29) is 17.2 Å². The summed E-state index contributed by atoms with van der Waals surface area (Å²) in [5.74, 6) is -0.152. The van der Waals surface area contributed by atoms with Gasteiger partial charge in [0.2, 0.25) is 15.9 Å². The predicted octanol–water partition coefficient (Wildman–Crippen LogP) is 3.10. The second kappa shape index (κ2) is 7.46. The van der Waals surface area contributed by atoms with Crippen LogP contribution in [0.3, 0.4) is 0 Å². The van der Waals surface area contributed by atoms with Crippen LogP contribution in [0.25, 0.3) is 0 Å². The molecule has 24 heavy (non-hydrogen) atoms. The zero-order valence-electron chi connectivity index (χ0n) is 13.3. The van der Waals surface area contributed by atoms with E-state index in [0.717, 1.165) is 24.8 Å². The molecule has 5 nitrogen and oxygen atoms in total. The molecule has 0 atom stereocenters. The number of thiophene rings is 1. The van der Waals surface area contributed by atoms with E-state index in [0.29, 0.717) is 18.8 Å². The number of carbonyl (C=O) groups is 1. The highest BCUT2D eigenvalue weighted by Gasteiger charge is 2.26. The van der Waals surface area contributed by atoms with Gasteiger partial charge in [0.05, 0.1) is 11.3 Å². The zero-order valence-corrected chi connectivity index (χ0v) is 14.9. The van der Waals surface area contributed by atoms with Gasteiger partial charge in [0.25, 0.3) is 0 Å². The minimum absolute atomic E-state index is 0.152. The van der Waals surface area contributed by atoms with E-state index >= 15 is 0 Å². The van der Waals surface area contributed by atoms with Crippen LogP contribution in [0, 0.1) is 0 Å². The summed E-state index contributed by atoms with van der Waals surface area (Å²) in [5, 5.41) is 6.63. The quantitative estimate of drug-likeness (QED) is 0.886. The Kier molecular flexibility index (Phi) is 5.33. The lowest BCUT2D eigenvalue weighted by molar-refractivity contribution is -0.115. The molecule has 1 aromatic carbocycles. The molecule has 1 fully saturated rings. The van der Waals surface area contributed by atoms with Gasteiger partial charge >= 0.3 is 0 Å². The third-order valence-electron chi connectivity index (χ3n) is 4.02. The molecule has 0 unspecified atom stereocenters. The smallest absolute Gasteiger partial charge is 0.243 e. The van der Waals surface area contributed by atoms with Crippen LogP contribution in [0.4, 0.5) is 5.69 Å². The third-order valence-corrected chi connectivity index (χ3v) is 6.64. The lowest BCUT2D eigenvalue weighted by Gasteiger charge is -2.26. The summed E-state index contributed by atoms with van der Waals surface area (Å²) in [4.78, 5) is 12.3. The van der Waals surface area contributed by atoms with Gasteiger partial charge in [0, 0.05) is 18.8 Å². The Morgan fingerprint density at radius 3 is 2.67 bits per heavy atom. The topological polar surface area (TPSA) is 66.5 Å². The number of carbonyl (C=O) groups excluding carboxylic acids is 1. The first-order valence-electron chi connectivity index (χ1n) is 7.97. The van der Waals surface area contributed by atoms with E-state index in [9.17, 15) is 13.2 Å². The molecule has 0 spiro atoms. The zero-order chi connectivity index (χ0) is 17.0. The van der Waals surface area contributed by atoms with Gasteiger partial charge < -0.3 is 5.32 Å². The van der Waals surface area contributed by atoms with Gasteiger partial charge in [-0.3, -0.25) is 4.79 Å². The number of hydrogen-bond donors (Lipinski definition) is 1. The summed E-state index contributed by atoms with van der Waals surface area (Å²) in [6.07, 6.45) is 3.16. The Hall–Kier alpha value is -1.70. The maximum atomic E-state index is 12.7. The fourth-order valence-corrected chi connectivity index (χ4v) is 5.00. The van der Waals surface area contributed by atoms with Crippen LogP contribution in [0.5, 0.6) is 0 Å². The average Bonchev–Trinajstić information content (AvgIpc) is 3.08. The number of hydrogen-bond acceptors (Lipinski definition) is 4. The van der Waals surface area contributed by atoms with Crippen molar-refractivity contribution in [3.63, 3.8) is 0 Å². The second-order valence-corrected chi connectivity index (χ2v) is 8.57. The summed E-state index contributed by atoms with van der Waals surface area (Å²) in [5.41, 5.74) is 1.46. The van der Waals surface area contributed by atoms with Crippen molar-refractivity contribution >= 4 is 33.0 Å². The van der Waals surface area contributed by atoms with E-state index < -0.39 is 10.0 Å². The van der Waals surface area contributed by atoms with Gasteiger partial charge in [0.1, 0.15) is 0 Å². The summed E-state index contributed by atoms with van der Waals surface area (Å²) < 4.78 is 26.9. The number of rotatable bonds is 5. The molecule has 1 saturated heterocycles. The molecule has 0 bridgehead atoms. The summed E-state index contributed by atoms with van der Waals surface area (Å²) in [6, 6.07) is 8.40. The number of anilines is 1. The number of nitrogens with zero attached hydrogens (tertiary/aromatic N) is 1. The van der Waals surface area contributed by atoms with Crippen molar-refractivity contribution < 1.29 is 13.2 Å². The first-order valence-corrected chi connectivity index (χ1v) is 10.4. The minimum atomic E-state index is -3.49. The highest BCUT2D eigenvalue weighted by Crippen LogP contribution is 2.23. The Bertz CT molecular complexity index is 795. The van der Waals surface area contributed by atoms with Gasteiger partial charge in [-0.2, -0.15) is 15.6 Å². The van der Waals surface area contributed by atoms with E-state index in [1.54, 1.807) is 29.5 Å². The van der Waals surface area contributed by atoms with Crippen LogP contribution in [0.2, 0.25) is 0 Å². The fourth-order valence-electron chi connectivity index (χ4n) is 2.77. The van der Waals surface area contributed by atoms with E-state index in [2.05, 4.69) is 5.32 Å². The number of sulfonamides is 1. The van der Waals surface area contributed by atoms with Gasteiger partial charge in [-0.1, -0.05) is 12.5 Å². The van der Waals surface area contributed by atoms with E-state index in [4.69, 9.17) is 0 Å². The summed E-state index contributed by atoms with van der Waals surface area (Å²) in [6.45, 7) is 1.13. The molecule has 1 aliphatic rings. The molecule has 3 rings (SSSR count). The van der Waals surface area contributed by atoms with E-state index in [1.807, 2.05) is 16.8 Å². The highest BCUT2D eigenvalue weighted by atomic mass is 32.2. The number of nitrogens with one attached hydrogen (secondary N) is 1. The summed E-state index contributed by atoms with van der Waals surface area (Å²) >= 11 is 1.54. The first kappa shape index (κ1) is 17.1. The Morgan fingerprint density at radius 1 is 1.17 bits per heavy atom. The van der Waals surface area contributed by atoms with Crippen molar-refractivity contribution in [2.24, 2.45) is 0 Å². The maximum Gasteiger partial charge on any atom is 0.243 e. The molecule has 2 aromatic rings. The van der Waals surface area contributed by atoms with Gasteiger partial charge in [-0.05, 0) is 53.4 Å².